The number of ether oxygens (including phenoxy) is 1. The van der Waals surface area contributed by atoms with Crippen LogP contribution in [0.3, 0.4) is 0 Å². The van der Waals surface area contributed by atoms with Crippen molar-refractivity contribution in [3.8, 4) is 5.75 Å². The van der Waals surface area contributed by atoms with Crippen molar-refractivity contribution in [1.29, 1.82) is 0 Å². The number of hydrogen-bond donors (Lipinski definition) is 1. The summed E-state index contributed by atoms with van der Waals surface area (Å²) in [5.41, 5.74) is 2.27. The van der Waals surface area contributed by atoms with Crippen molar-refractivity contribution in [3.63, 3.8) is 0 Å². The Morgan fingerprint density at radius 3 is 2.57 bits per heavy atom. The van der Waals surface area contributed by atoms with Crippen LogP contribution in [0.15, 0.2) is 48.5 Å². The number of nitro groups is 1. The number of anilines is 1. The SMILES string of the molecule is COc1cc([N+](=O)[O-])ccc1NC1CCN(C(C)CCc2ccccc2)CC1. The Labute approximate surface area is 166 Å². The maximum absolute atomic E-state index is 10.9. The molecule has 150 valence electrons. The Morgan fingerprint density at radius 2 is 1.93 bits per heavy atom. The van der Waals surface area contributed by atoms with E-state index in [2.05, 4.69) is 47.5 Å². The van der Waals surface area contributed by atoms with Gasteiger partial charge in [-0.2, -0.15) is 0 Å². The van der Waals surface area contributed by atoms with Gasteiger partial charge in [0.1, 0.15) is 5.75 Å². The van der Waals surface area contributed by atoms with Crippen LogP contribution in [0.2, 0.25) is 0 Å². The molecule has 0 aliphatic carbocycles. The minimum Gasteiger partial charge on any atom is -0.494 e. The summed E-state index contributed by atoms with van der Waals surface area (Å²) in [5.74, 6) is 0.521. The molecule has 0 aromatic heterocycles. The third kappa shape index (κ3) is 5.23. The molecule has 1 unspecified atom stereocenters. The summed E-state index contributed by atoms with van der Waals surface area (Å²) in [6, 6.07) is 16.3. The molecule has 1 N–H and O–H groups in total. The Balaban J connectivity index is 1.49. The summed E-state index contributed by atoms with van der Waals surface area (Å²) < 4.78 is 5.33. The lowest BCUT2D eigenvalue weighted by atomic mass is 10.00. The second-order valence-corrected chi connectivity index (χ2v) is 7.47. The van der Waals surface area contributed by atoms with E-state index in [0.717, 1.165) is 44.5 Å². The summed E-state index contributed by atoms with van der Waals surface area (Å²) in [7, 11) is 1.54. The van der Waals surface area contributed by atoms with Gasteiger partial charge in [-0.15, -0.1) is 0 Å². The monoisotopic (exact) mass is 383 g/mol. The van der Waals surface area contributed by atoms with Crippen molar-refractivity contribution >= 4 is 11.4 Å². The second kappa shape index (κ2) is 9.55. The predicted molar refractivity (Wildman–Crippen MR) is 112 cm³/mol. The zero-order valence-electron chi connectivity index (χ0n) is 16.6. The van der Waals surface area contributed by atoms with E-state index >= 15 is 0 Å². The first kappa shape index (κ1) is 20.1. The van der Waals surface area contributed by atoms with Crippen LogP contribution in [0.4, 0.5) is 11.4 Å². The molecule has 3 rings (SSSR count). The first-order valence-electron chi connectivity index (χ1n) is 9.93. The van der Waals surface area contributed by atoms with Crippen molar-refractivity contribution in [2.45, 2.75) is 44.7 Å². The minimum absolute atomic E-state index is 0.0458. The number of benzene rings is 2. The maximum Gasteiger partial charge on any atom is 0.273 e. The normalized spacial score (nSPS) is 16.5. The Hall–Kier alpha value is -2.60. The first-order chi connectivity index (χ1) is 13.6. The van der Waals surface area contributed by atoms with Crippen LogP contribution in [0, 0.1) is 10.1 Å². The highest BCUT2D eigenvalue weighted by molar-refractivity contribution is 5.61. The molecule has 2 aromatic rings. The fourth-order valence-electron chi connectivity index (χ4n) is 3.82. The van der Waals surface area contributed by atoms with Crippen molar-refractivity contribution in [1.82, 2.24) is 4.90 Å². The molecule has 0 saturated carbocycles. The number of aryl methyl sites for hydroxylation is 1. The fourth-order valence-corrected chi connectivity index (χ4v) is 3.82. The molecule has 1 atom stereocenters. The minimum atomic E-state index is -0.401. The third-order valence-corrected chi connectivity index (χ3v) is 5.60. The van der Waals surface area contributed by atoms with E-state index in [0.29, 0.717) is 17.8 Å². The molecule has 2 aromatic carbocycles. The quantitative estimate of drug-likeness (QED) is 0.537. The zero-order valence-corrected chi connectivity index (χ0v) is 16.6. The van der Waals surface area contributed by atoms with Crippen LogP contribution < -0.4 is 10.1 Å². The Morgan fingerprint density at radius 1 is 1.21 bits per heavy atom. The van der Waals surface area contributed by atoms with Gasteiger partial charge in [-0.1, -0.05) is 30.3 Å². The van der Waals surface area contributed by atoms with E-state index in [9.17, 15) is 10.1 Å². The Bertz CT molecular complexity index is 774. The molecule has 1 aliphatic heterocycles. The smallest absolute Gasteiger partial charge is 0.273 e. The van der Waals surface area contributed by atoms with Gasteiger partial charge in [0.15, 0.2) is 0 Å². The number of likely N-dealkylation sites (tertiary alicyclic amines) is 1. The third-order valence-electron chi connectivity index (χ3n) is 5.60. The van der Waals surface area contributed by atoms with Gasteiger partial charge in [0.05, 0.1) is 23.8 Å². The molecular weight excluding hydrogens is 354 g/mol. The lowest BCUT2D eigenvalue weighted by molar-refractivity contribution is -0.384. The molecule has 1 aliphatic rings. The van der Waals surface area contributed by atoms with Crippen molar-refractivity contribution < 1.29 is 9.66 Å². The summed E-state index contributed by atoms with van der Waals surface area (Å²) in [6.07, 6.45) is 4.38. The molecular formula is C22H29N3O3. The number of methoxy groups -OCH3 is 1. The van der Waals surface area contributed by atoms with Gasteiger partial charge in [-0.3, -0.25) is 10.1 Å². The van der Waals surface area contributed by atoms with Crippen LogP contribution in [-0.4, -0.2) is 42.1 Å². The topological polar surface area (TPSA) is 67.6 Å². The average molecular weight is 383 g/mol. The molecule has 0 amide bonds. The fraction of sp³-hybridized carbons (Fsp3) is 0.455. The van der Waals surface area contributed by atoms with E-state index in [1.807, 2.05) is 0 Å². The predicted octanol–water partition coefficient (Wildman–Crippen LogP) is 4.50. The molecule has 1 heterocycles. The molecule has 0 spiro atoms. The van der Waals surface area contributed by atoms with Gasteiger partial charge in [-0.25, -0.2) is 0 Å². The summed E-state index contributed by atoms with van der Waals surface area (Å²) in [6.45, 7) is 4.43. The van der Waals surface area contributed by atoms with E-state index < -0.39 is 4.92 Å². The highest BCUT2D eigenvalue weighted by atomic mass is 16.6. The van der Waals surface area contributed by atoms with E-state index in [1.54, 1.807) is 13.2 Å². The summed E-state index contributed by atoms with van der Waals surface area (Å²) in [5, 5.41) is 14.4. The molecule has 6 nitrogen and oxygen atoms in total. The van der Waals surface area contributed by atoms with Crippen LogP contribution in [0.25, 0.3) is 0 Å². The molecule has 0 bridgehead atoms. The van der Waals surface area contributed by atoms with Gasteiger partial charge in [0.2, 0.25) is 0 Å². The van der Waals surface area contributed by atoms with Crippen molar-refractivity contribution in [3.05, 3.63) is 64.2 Å². The van der Waals surface area contributed by atoms with Crippen LogP contribution in [0.5, 0.6) is 5.75 Å². The van der Waals surface area contributed by atoms with Crippen LogP contribution in [0.1, 0.15) is 31.7 Å². The lowest BCUT2D eigenvalue weighted by Gasteiger charge is -2.37. The number of non-ortho nitro benzene ring substituents is 1. The summed E-state index contributed by atoms with van der Waals surface area (Å²) >= 11 is 0. The number of hydrogen-bond acceptors (Lipinski definition) is 5. The number of piperidine rings is 1. The summed E-state index contributed by atoms with van der Waals surface area (Å²) in [4.78, 5) is 13.1. The van der Waals surface area contributed by atoms with Crippen molar-refractivity contribution in [2.75, 3.05) is 25.5 Å². The van der Waals surface area contributed by atoms with Gasteiger partial charge in [-0.05, 0) is 44.2 Å². The van der Waals surface area contributed by atoms with E-state index in [-0.39, 0.29) is 5.69 Å². The van der Waals surface area contributed by atoms with E-state index in [4.69, 9.17) is 4.74 Å². The number of rotatable bonds is 8. The van der Waals surface area contributed by atoms with Gasteiger partial charge >= 0.3 is 0 Å². The van der Waals surface area contributed by atoms with Gasteiger partial charge < -0.3 is 15.0 Å². The highest BCUT2D eigenvalue weighted by Crippen LogP contribution is 2.31. The Kier molecular flexibility index (Phi) is 6.87. The maximum atomic E-state index is 10.9. The van der Waals surface area contributed by atoms with Crippen LogP contribution in [-0.2, 0) is 6.42 Å². The van der Waals surface area contributed by atoms with Crippen molar-refractivity contribution in [2.24, 2.45) is 0 Å². The van der Waals surface area contributed by atoms with Crippen LogP contribution >= 0.6 is 0 Å². The van der Waals surface area contributed by atoms with Gasteiger partial charge in [0.25, 0.3) is 5.69 Å². The first-order valence-corrected chi connectivity index (χ1v) is 9.93. The van der Waals surface area contributed by atoms with E-state index in [1.165, 1.54) is 17.7 Å². The molecule has 1 saturated heterocycles. The highest BCUT2D eigenvalue weighted by Gasteiger charge is 2.23. The standard InChI is InChI=1S/C22H29N3O3/c1-17(8-9-18-6-4-3-5-7-18)24-14-12-19(13-15-24)23-21-11-10-20(25(26)27)16-22(21)28-2/h3-7,10-11,16-17,19,23H,8-9,12-15H2,1-2H3. The molecule has 1 fully saturated rings. The molecule has 28 heavy (non-hydrogen) atoms. The number of nitro benzene ring substituents is 1. The molecule has 0 radical (unpaired) electrons. The van der Waals surface area contributed by atoms with Gasteiger partial charge in [0, 0.05) is 31.2 Å². The lowest BCUT2D eigenvalue weighted by Crippen LogP contribution is -2.43. The second-order valence-electron chi connectivity index (χ2n) is 7.47. The molecule has 6 heteroatoms. The number of nitrogens with one attached hydrogen (secondary N) is 1. The zero-order chi connectivity index (χ0) is 19.9. The number of nitrogens with zero attached hydrogens (tertiary/aromatic N) is 2. The largest absolute Gasteiger partial charge is 0.494 e. The average Bonchev–Trinajstić information content (AvgIpc) is 2.73.